The highest BCUT2D eigenvalue weighted by Crippen LogP contribution is 2.25. The Balaban J connectivity index is 1.81. The lowest BCUT2D eigenvalue weighted by Crippen LogP contribution is -2.17. The summed E-state index contributed by atoms with van der Waals surface area (Å²) in [5, 5.41) is 0.764. The first-order valence-electron chi connectivity index (χ1n) is 5.38. The number of nitrogens with two attached hydrogens (primary N) is 1. The first kappa shape index (κ1) is 10.8. The van der Waals surface area contributed by atoms with Gasteiger partial charge in [0.15, 0.2) is 0 Å². The molecule has 0 aliphatic carbocycles. The summed E-state index contributed by atoms with van der Waals surface area (Å²) in [7, 11) is 0. The minimum absolute atomic E-state index is 0.764. The first-order chi connectivity index (χ1) is 7.34. The first-order valence-corrected chi connectivity index (χ1v) is 6.43. The molecule has 1 saturated heterocycles. The van der Waals surface area contributed by atoms with Crippen molar-refractivity contribution < 1.29 is 4.74 Å². The molecule has 1 fully saturated rings. The Bertz CT molecular complexity index is 310. The molecule has 1 aliphatic rings. The summed E-state index contributed by atoms with van der Waals surface area (Å²) in [6.45, 7) is 1.85. The highest BCUT2D eigenvalue weighted by molar-refractivity contribution is 7.99. The van der Waals surface area contributed by atoms with Gasteiger partial charge < -0.3 is 10.5 Å². The van der Waals surface area contributed by atoms with E-state index in [1.165, 1.54) is 18.4 Å². The van der Waals surface area contributed by atoms with Gasteiger partial charge in [-0.2, -0.15) is 11.8 Å². The average Bonchev–Trinajstić information content (AvgIpc) is 2.28. The minimum atomic E-state index is 0.764. The molecule has 0 bridgehead atoms. The van der Waals surface area contributed by atoms with E-state index < -0.39 is 0 Å². The molecule has 2 N–H and O–H groups in total. The number of benzene rings is 1. The van der Waals surface area contributed by atoms with Gasteiger partial charge in [0.05, 0.1) is 0 Å². The maximum atomic E-state index is 5.74. The van der Waals surface area contributed by atoms with Gasteiger partial charge in [0, 0.05) is 29.9 Å². The van der Waals surface area contributed by atoms with Crippen molar-refractivity contribution in [2.24, 2.45) is 0 Å². The van der Waals surface area contributed by atoms with Gasteiger partial charge in [0.2, 0.25) is 0 Å². The lowest BCUT2D eigenvalue weighted by molar-refractivity contribution is 0.1000. The maximum absolute atomic E-state index is 5.74. The van der Waals surface area contributed by atoms with Crippen molar-refractivity contribution in [1.82, 2.24) is 0 Å². The third-order valence-corrected chi connectivity index (χ3v) is 4.05. The summed E-state index contributed by atoms with van der Waals surface area (Å²) in [5.74, 6) is 1.07. The number of ether oxygens (including phenoxy) is 1. The lowest BCUT2D eigenvalue weighted by Gasteiger charge is -2.21. The van der Waals surface area contributed by atoms with Gasteiger partial charge in [0.1, 0.15) is 0 Å². The molecule has 1 aromatic rings. The Hall–Kier alpha value is -0.670. The molecule has 1 aliphatic heterocycles. The molecule has 0 amide bonds. The quantitative estimate of drug-likeness (QED) is 0.800. The summed E-state index contributed by atoms with van der Waals surface area (Å²) in [5.41, 5.74) is 7.92. The van der Waals surface area contributed by atoms with Crippen LogP contribution in [0.2, 0.25) is 0 Å². The van der Waals surface area contributed by atoms with E-state index in [0.717, 1.165) is 29.9 Å². The standard InChI is InChI=1S/C12H17NOS/c13-11-3-1-2-10(8-11)9-15-12-4-6-14-7-5-12/h1-3,8,12H,4-7,9,13H2. The fraction of sp³-hybridized carbons (Fsp3) is 0.500. The van der Waals surface area contributed by atoms with Crippen LogP contribution in [0.5, 0.6) is 0 Å². The summed E-state index contributed by atoms with van der Waals surface area (Å²) < 4.78 is 5.34. The van der Waals surface area contributed by atoms with Gasteiger partial charge in [-0.3, -0.25) is 0 Å². The third-order valence-electron chi connectivity index (χ3n) is 2.61. The van der Waals surface area contributed by atoms with Gasteiger partial charge in [-0.15, -0.1) is 0 Å². The molecule has 0 atom stereocenters. The van der Waals surface area contributed by atoms with Crippen LogP contribution >= 0.6 is 11.8 Å². The van der Waals surface area contributed by atoms with E-state index in [9.17, 15) is 0 Å². The second-order valence-electron chi connectivity index (χ2n) is 3.87. The number of thioether (sulfide) groups is 1. The molecule has 3 heteroatoms. The summed E-state index contributed by atoms with van der Waals surface area (Å²) in [6.07, 6.45) is 2.37. The molecule has 1 heterocycles. The average molecular weight is 223 g/mol. The van der Waals surface area contributed by atoms with Gasteiger partial charge in [-0.05, 0) is 30.5 Å². The Morgan fingerprint density at radius 3 is 2.87 bits per heavy atom. The highest BCUT2D eigenvalue weighted by Gasteiger charge is 2.13. The topological polar surface area (TPSA) is 35.2 Å². The predicted octanol–water partition coefficient (Wildman–Crippen LogP) is 2.68. The van der Waals surface area contributed by atoms with Gasteiger partial charge in [0.25, 0.3) is 0 Å². The van der Waals surface area contributed by atoms with Crippen molar-refractivity contribution in [2.75, 3.05) is 18.9 Å². The summed E-state index contributed by atoms with van der Waals surface area (Å²) in [4.78, 5) is 0. The largest absolute Gasteiger partial charge is 0.399 e. The zero-order valence-corrected chi connectivity index (χ0v) is 9.63. The number of hydrogen-bond acceptors (Lipinski definition) is 3. The lowest BCUT2D eigenvalue weighted by atomic mass is 10.2. The molecular weight excluding hydrogens is 206 g/mol. The molecule has 1 aromatic carbocycles. The monoisotopic (exact) mass is 223 g/mol. The summed E-state index contributed by atoms with van der Waals surface area (Å²) in [6, 6.07) is 8.16. The second-order valence-corrected chi connectivity index (χ2v) is 5.16. The predicted molar refractivity (Wildman–Crippen MR) is 66.0 cm³/mol. The second kappa shape index (κ2) is 5.42. The van der Waals surface area contributed by atoms with Crippen LogP contribution in [0.3, 0.4) is 0 Å². The zero-order chi connectivity index (χ0) is 10.5. The van der Waals surface area contributed by atoms with Gasteiger partial charge >= 0.3 is 0 Å². The van der Waals surface area contributed by atoms with Crippen LogP contribution in [-0.4, -0.2) is 18.5 Å². The maximum Gasteiger partial charge on any atom is 0.0476 e. The highest BCUT2D eigenvalue weighted by atomic mass is 32.2. The molecular formula is C12H17NOS. The SMILES string of the molecule is Nc1cccc(CSC2CCOCC2)c1. The van der Waals surface area contributed by atoms with Crippen molar-refractivity contribution in [3.05, 3.63) is 29.8 Å². The van der Waals surface area contributed by atoms with E-state index in [1.54, 1.807) is 0 Å². The molecule has 82 valence electrons. The van der Waals surface area contributed by atoms with Crippen molar-refractivity contribution in [3.63, 3.8) is 0 Å². The molecule has 0 saturated carbocycles. The Kier molecular flexibility index (Phi) is 3.92. The Morgan fingerprint density at radius 1 is 1.33 bits per heavy atom. The molecule has 0 radical (unpaired) electrons. The van der Waals surface area contributed by atoms with Crippen molar-refractivity contribution in [2.45, 2.75) is 23.8 Å². The minimum Gasteiger partial charge on any atom is -0.399 e. The van der Waals surface area contributed by atoms with Gasteiger partial charge in [-0.25, -0.2) is 0 Å². The van der Waals surface area contributed by atoms with Crippen molar-refractivity contribution in [3.8, 4) is 0 Å². The Labute approximate surface area is 95.2 Å². The number of rotatable bonds is 3. The fourth-order valence-corrected chi connectivity index (χ4v) is 2.87. The molecule has 0 spiro atoms. The number of anilines is 1. The van der Waals surface area contributed by atoms with E-state index in [1.807, 2.05) is 23.9 Å². The van der Waals surface area contributed by atoms with E-state index in [-0.39, 0.29) is 0 Å². The molecule has 2 rings (SSSR count). The smallest absolute Gasteiger partial charge is 0.0476 e. The molecule has 0 unspecified atom stereocenters. The Morgan fingerprint density at radius 2 is 2.13 bits per heavy atom. The van der Waals surface area contributed by atoms with E-state index >= 15 is 0 Å². The van der Waals surface area contributed by atoms with Crippen LogP contribution in [-0.2, 0) is 10.5 Å². The molecule has 15 heavy (non-hydrogen) atoms. The van der Waals surface area contributed by atoms with Crippen molar-refractivity contribution in [1.29, 1.82) is 0 Å². The normalized spacial score (nSPS) is 17.9. The van der Waals surface area contributed by atoms with Crippen LogP contribution in [0.15, 0.2) is 24.3 Å². The van der Waals surface area contributed by atoms with Crippen LogP contribution in [0.1, 0.15) is 18.4 Å². The third kappa shape index (κ3) is 3.43. The summed E-state index contributed by atoms with van der Waals surface area (Å²) >= 11 is 2.02. The van der Waals surface area contributed by atoms with Crippen LogP contribution in [0.25, 0.3) is 0 Å². The van der Waals surface area contributed by atoms with Crippen LogP contribution in [0, 0.1) is 0 Å². The van der Waals surface area contributed by atoms with E-state index in [4.69, 9.17) is 10.5 Å². The van der Waals surface area contributed by atoms with Crippen LogP contribution < -0.4 is 5.73 Å². The van der Waals surface area contributed by atoms with E-state index in [2.05, 4.69) is 12.1 Å². The molecule has 2 nitrogen and oxygen atoms in total. The number of nitrogen functional groups attached to an aromatic ring is 1. The zero-order valence-electron chi connectivity index (χ0n) is 8.82. The van der Waals surface area contributed by atoms with Crippen LogP contribution in [0.4, 0.5) is 5.69 Å². The molecule has 0 aromatic heterocycles. The van der Waals surface area contributed by atoms with Crippen molar-refractivity contribution >= 4 is 17.4 Å². The van der Waals surface area contributed by atoms with E-state index in [0.29, 0.717) is 0 Å². The number of hydrogen-bond donors (Lipinski definition) is 1. The fourth-order valence-electron chi connectivity index (χ4n) is 1.74. The van der Waals surface area contributed by atoms with Gasteiger partial charge in [-0.1, -0.05) is 12.1 Å².